The Morgan fingerprint density at radius 2 is 1.56 bits per heavy atom. The number of halogens is 7. The molecule has 0 saturated carbocycles. The van der Waals surface area contributed by atoms with E-state index in [2.05, 4.69) is 5.32 Å². The number of aliphatic hydroxyl groups is 1. The van der Waals surface area contributed by atoms with E-state index in [1.165, 1.54) is 17.0 Å². The Kier molecular flexibility index (Phi) is 11.6. The third-order valence-electron chi connectivity index (χ3n) is 8.73. The van der Waals surface area contributed by atoms with E-state index in [-0.39, 0.29) is 42.1 Å². The topological polar surface area (TPSA) is 82.1 Å². The molecule has 5 rings (SSSR count). The molecule has 2 amide bonds. The van der Waals surface area contributed by atoms with E-state index in [0.717, 1.165) is 29.8 Å². The Hall–Kier alpha value is -4.95. The first-order valence-electron chi connectivity index (χ1n) is 16.4. The van der Waals surface area contributed by atoms with Crippen LogP contribution in [0.15, 0.2) is 84.9 Å². The number of likely N-dealkylation sites (N-methyl/N-ethyl adjacent to an activating group) is 1. The van der Waals surface area contributed by atoms with Crippen molar-refractivity contribution < 1.29 is 50.2 Å². The van der Waals surface area contributed by atoms with Crippen molar-refractivity contribution >= 4 is 17.5 Å². The number of ether oxygens (including phenoxy) is 1. The van der Waals surface area contributed by atoms with E-state index in [0.29, 0.717) is 36.7 Å². The molecule has 0 bridgehead atoms. The van der Waals surface area contributed by atoms with Gasteiger partial charge in [-0.3, -0.25) is 14.5 Å². The molecule has 0 aromatic heterocycles. The first kappa shape index (κ1) is 38.3. The maximum atomic E-state index is 14.6. The lowest BCUT2D eigenvalue weighted by atomic mass is 10.0. The van der Waals surface area contributed by atoms with Gasteiger partial charge in [0.25, 0.3) is 5.91 Å². The molecule has 0 fully saturated rings. The highest BCUT2D eigenvalue weighted by Gasteiger charge is 2.33. The van der Waals surface area contributed by atoms with Crippen LogP contribution in [0.25, 0.3) is 11.1 Å². The number of carbonyl (C=O) groups is 2. The van der Waals surface area contributed by atoms with Crippen molar-refractivity contribution in [1.82, 2.24) is 9.80 Å². The standard InChI is InChI=1S/C38H36F7N3O4/c1-23(22-49)48-17-16-29(21-47(2)20-25-6-10-26(11-7-25)30-15-14-28(19-32(30)39)38(43,44)45)52-35-31(36(48)51)4-3-5-33(35)46-34(50)18-24-8-12-27(13-9-24)37(40,41)42/h3-15,19,23,29,49H,16-18,20-22H2,1-2H3,(H,46,50)/t23-,29-/m0/s1. The zero-order valence-electron chi connectivity index (χ0n) is 28.2. The molecule has 2 atom stereocenters. The summed E-state index contributed by atoms with van der Waals surface area (Å²) in [6, 6.07) is 17.5. The van der Waals surface area contributed by atoms with Crippen molar-refractivity contribution in [2.24, 2.45) is 0 Å². The second-order valence-electron chi connectivity index (χ2n) is 12.7. The monoisotopic (exact) mass is 731 g/mol. The smallest absolute Gasteiger partial charge is 0.416 e. The van der Waals surface area contributed by atoms with Gasteiger partial charge >= 0.3 is 12.4 Å². The van der Waals surface area contributed by atoms with E-state index < -0.39 is 53.3 Å². The first-order valence-corrected chi connectivity index (χ1v) is 16.4. The Labute approximate surface area is 295 Å². The number of anilines is 1. The van der Waals surface area contributed by atoms with Gasteiger partial charge in [0.15, 0.2) is 5.75 Å². The molecule has 0 unspecified atom stereocenters. The Morgan fingerprint density at radius 1 is 0.923 bits per heavy atom. The minimum atomic E-state index is -4.66. The number of amides is 2. The van der Waals surface area contributed by atoms with Crippen molar-refractivity contribution in [2.45, 2.75) is 50.8 Å². The van der Waals surface area contributed by atoms with Crippen LogP contribution < -0.4 is 10.1 Å². The summed E-state index contributed by atoms with van der Waals surface area (Å²) in [5, 5.41) is 12.6. The molecule has 276 valence electrons. The van der Waals surface area contributed by atoms with Crippen LogP contribution in [-0.2, 0) is 30.1 Å². The van der Waals surface area contributed by atoms with Gasteiger partial charge in [-0.15, -0.1) is 0 Å². The molecule has 1 aliphatic rings. The SMILES string of the molecule is C[C@@H](CO)N1CC[C@@H](CN(C)Cc2ccc(-c3ccc(C(F)(F)F)cc3F)cc2)Oc2c(NC(=O)Cc3ccc(C(F)(F)F)cc3)cccc2C1=O. The van der Waals surface area contributed by atoms with E-state index in [9.17, 15) is 45.4 Å². The van der Waals surface area contributed by atoms with Gasteiger partial charge in [-0.1, -0.05) is 48.5 Å². The number of hydrogen-bond acceptors (Lipinski definition) is 5. The third kappa shape index (κ3) is 9.28. The highest BCUT2D eigenvalue weighted by atomic mass is 19.4. The number of rotatable bonds is 10. The molecule has 1 aliphatic heterocycles. The van der Waals surface area contributed by atoms with Crippen LogP contribution in [0.2, 0.25) is 0 Å². The van der Waals surface area contributed by atoms with Gasteiger partial charge in [0, 0.05) is 31.6 Å². The predicted molar refractivity (Wildman–Crippen MR) is 180 cm³/mol. The van der Waals surface area contributed by atoms with E-state index in [1.54, 1.807) is 49.4 Å². The van der Waals surface area contributed by atoms with Gasteiger partial charge in [0.05, 0.1) is 41.4 Å². The lowest BCUT2D eigenvalue weighted by Gasteiger charge is -2.35. The van der Waals surface area contributed by atoms with E-state index in [1.807, 2.05) is 11.9 Å². The van der Waals surface area contributed by atoms with Crippen molar-refractivity contribution in [3.8, 4) is 16.9 Å². The molecule has 52 heavy (non-hydrogen) atoms. The summed E-state index contributed by atoms with van der Waals surface area (Å²) in [4.78, 5) is 30.2. The zero-order chi connectivity index (χ0) is 37.8. The molecule has 0 aliphatic carbocycles. The Balaban J connectivity index is 1.32. The van der Waals surface area contributed by atoms with Crippen molar-refractivity contribution in [3.05, 3.63) is 119 Å². The fourth-order valence-corrected chi connectivity index (χ4v) is 5.97. The molecule has 1 heterocycles. The summed E-state index contributed by atoms with van der Waals surface area (Å²) >= 11 is 0. The molecule has 7 nitrogen and oxygen atoms in total. The van der Waals surface area contributed by atoms with Gasteiger partial charge in [0.1, 0.15) is 11.9 Å². The molecular weight excluding hydrogens is 695 g/mol. The number of nitrogens with zero attached hydrogens (tertiary/aromatic N) is 2. The van der Waals surface area contributed by atoms with Gasteiger partial charge < -0.3 is 20.1 Å². The Bertz CT molecular complexity index is 1880. The predicted octanol–water partition coefficient (Wildman–Crippen LogP) is 7.82. The number of para-hydroxylation sites is 1. The third-order valence-corrected chi connectivity index (χ3v) is 8.73. The zero-order valence-corrected chi connectivity index (χ0v) is 28.2. The number of fused-ring (bicyclic) bond motifs is 1. The van der Waals surface area contributed by atoms with Gasteiger partial charge in [0.2, 0.25) is 5.91 Å². The highest BCUT2D eigenvalue weighted by molar-refractivity contribution is 6.02. The minimum absolute atomic E-state index is 0.0351. The summed E-state index contributed by atoms with van der Waals surface area (Å²) in [6.07, 6.45) is -9.56. The molecule has 0 radical (unpaired) electrons. The fraction of sp³-hybridized carbons (Fsp3) is 0.316. The van der Waals surface area contributed by atoms with E-state index >= 15 is 0 Å². The number of benzene rings is 4. The Morgan fingerprint density at radius 3 is 2.17 bits per heavy atom. The van der Waals surface area contributed by atoms with Crippen molar-refractivity contribution in [3.63, 3.8) is 0 Å². The quantitative estimate of drug-likeness (QED) is 0.163. The normalized spacial score (nSPS) is 15.8. The van der Waals surface area contributed by atoms with Crippen LogP contribution in [0.1, 0.15) is 46.0 Å². The maximum Gasteiger partial charge on any atom is 0.416 e. The van der Waals surface area contributed by atoms with Crippen LogP contribution in [-0.4, -0.2) is 65.6 Å². The number of alkyl halides is 6. The summed E-state index contributed by atoms with van der Waals surface area (Å²) < 4.78 is 98.9. The van der Waals surface area contributed by atoms with Crippen LogP contribution in [0.3, 0.4) is 0 Å². The van der Waals surface area contributed by atoms with Crippen LogP contribution >= 0.6 is 0 Å². The summed E-state index contributed by atoms with van der Waals surface area (Å²) in [5.41, 5.74) is 0.0635. The molecule has 2 N–H and O–H groups in total. The number of hydrogen-bond donors (Lipinski definition) is 2. The van der Waals surface area contributed by atoms with Crippen molar-refractivity contribution in [1.29, 1.82) is 0 Å². The molecule has 0 spiro atoms. The fourth-order valence-electron chi connectivity index (χ4n) is 5.97. The second-order valence-corrected chi connectivity index (χ2v) is 12.7. The average Bonchev–Trinajstić information content (AvgIpc) is 3.07. The lowest BCUT2D eigenvalue weighted by molar-refractivity contribution is -0.138. The summed E-state index contributed by atoms with van der Waals surface area (Å²) in [5.74, 6) is -1.82. The molecule has 14 heteroatoms. The van der Waals surface area contributed by atoms with Crippen molar-refractivity contribution in [2.75, 3.05) is 32.1 Å². The molecular formula is C38H36F7N3O4. The lowest BCUT2D eigenvalue weighted by Crippen LogP contribution is -2.46. The van der Waals surface area contributed by atoms with Crippen LogP contribution in [0.5, 0.6) is 5.75 Å². The van der Waals surface area contributed by atoms with Gasteiger partial charge in [-0.25, -0.2) is 4.39 Å². The van der Waals surface area contributed by atoms with Gasteiger partial charge in [-0.05, 0) is 67.1 Å². The maximum absolute atomic E-state index is 14.6. The summed E-state index contributed by atoms with van der Waals surface area (Å²) in [7, 11) is 1.84. The number of nitrogens with one attached hydrogen (secondary N) is 1. The molecule has 4 aromatic rings. The number of aliphatic hydroxyl groups excluding tert-OH is 1. The van der Waals surface area contributed by atoms with Crippen LogP contribution in [0, 0.1) is 5.82 Å². The minimum Gasteiger partial charge on any atom is -0.486 e. The number of carbonyl (C=O) groups excluding carboxylic acids is 2. The molecule has 4 aromatic carbocycles. The summed E-state index contributed by atoms with van der Waals surface area (Å²) in [6.45, 7) is 2.43. The van der Waals surface area contributed by atoms with Gasteiger partial charge in [-0.2, -0.15) is 26.3 Å². The van der Waals surface area contributed by atoms with Crippen LogP contribution in [0.4, 0.5) is 36.4 Å². The second kappa shape index (κ2) is 15.7. The average molecular weight is 732 g/mol. The largest absolute Gasteiger partial charge is 0.486 e. The molecule has 0 saturated heterocycles. The first-order chi connectivity index (χ1) is 24.5. The van der Waals surface area contributed by atoms with E-state index in [4.69, 9.17) is 4.74 Å². The highest BCUT2D eigenvalue weighted by Crippen LogP contribution is 2.35.